The summed E-state index contributed by atoms with van der Waals surface area (Å²) < 4.78 is 11.2. The van der Waals surface area contributed by atoms with E-state index in [0.29, 0.717) is 6.04 Å². The van der Waals surface area contributed by atoms with Crippen LogP contribution in [0.4, 0.5) is 0 Å². The minimum atomic E-state index is 0.212. The van der Waals surface area contributed by atoms with Gasteiger partial charge in [-0.1, -0.05) is 25.1 Å². The van der Waals surface area contributed by atoms with Gasteiger partial charge >= 0.3 is 0 Å². The van der Waals surface area contributed by atoms with Crippen LogP contribution in [0.2, 0.25) is 0 Å². The van der Waals surface area contributed by atoms with Crippen molar-refractivity contribution in [1.29, 1.82) is 0 Å². The second-order valence-corrected chi connectivity index (χ2v) is 5.37. The molecule has 0 saturated carbocycles. The fourth-order valence-corrected chi connectivity index (χ4v) is 2.71. The Labute approximate surface area is 121 Å². The molecule has 1 aromatic carbocycles. The topological polar surface area (TPSA) is 34.4 Å². The molecule has 1 aromatic heterocycles. The lowest BCUT2D eigenvalue weighted by Crippen LogP contribution is -2.30. The molecule has 3 nitrogen and oxygen atoms in total. The number of aryl methyl sites for hydroxylation is 1. The quantitative estimate of drug-likeness (QED) is 0.827. The molecule has 0 aliphatic carbocycles. The highest BCUT2D eigenvalue weighted by Crippen LogP contribution is 2.30. The molecule has 2 unspecified atom stereocenters. The third-order valence-corrected chi connectivity index (χ3v) is 3.77. The van der Waals surface area contributed by atoms with Crippen molar-refractivity contribution in [3.63, 3.8) is 0 Å². The molecule has 0 spiro atoms. The van der Waals surface area contributed by atoms with E-state index in [-0.39, 0.29) is 6.04 Å². The standard InChI is InChI=1S/C17H25NO2/c1-5-14-15-8-6-7-9-16(15)20-17(14)13(3)18-12(2)10-11-19-4/h6-9,12-13,18H,5,10-11H2,1-4H3. The van der Waals surface area contributed by atoms with E-state index in [1.165, 1.54) is 10.9 Å². The smallest absolute Gasteiger partial charge is 0.134 e. The Morgan fingerprint density at radius 3 is 2.70 bits per heavy atom. The maximum Gasteiger partial charge on any atom is 0.134 e. The van der Waals surface area contributed by atoms with Crippen molar-refractivity contribution in [1.82, 2.24) is 5.32 Å². The van der Waals surface area contributed by atoms with E-state index in [0.717, 1.165) is 30.8 Å². The number of hydrogen-bond donors (Lipinski definition) is 1. The zero-order valence-corrected chi connectivity index (χ0v) is 12.9. The molecule has 0 radical (unpaired) electrons. The van der Waals surface area contributed by atoms with Crippen LogP contribution in [0.3, 0.4) is 0 Å². The van der Waals surface area contributed by atoms with Gasteiger partial charge in [0.05, 0.1) is 6.04 Å². The number of fused-ring (bicyclic) bond motifs is 1. The number of hydrogen-bond acceptors (Lipinski definition) is 3. The Morgan fingerprint density at radius 1 is 1.25 bits per heavy atom. The Bertz CT molecular complexity index is 547. The SMILES string of the molecule is CCc1c(C(C)NC(C)CCOC)oc2ccccc12. The molecule has 3 heteroatoms. The first-order chi connectivity index (χ1) is 9.67. The van der Waals surface area contributed by atoms with E-state index in [4.69, 9.17) is 9.15 Å². The van der Waals surface area contributed by atoms with Gasteiger partial charge in [-0.05, 0) is 32.8 Å². The number of rotatable bonds is 7. The molecule has 1 heterocycles. The average molecular weight is 275 g/mol. The summed E-state index contributed by atoms with van der Waals surface area (Å²) in [5.41, 5.74) is 2.30. The predicted octanol–water partition coefficient (Wildman–Crippen LogP) is 4.07. The van der Waals surface area contributed by atoms with Gasteiger partial charge in [0.2, 0.25) is 0 Å². The molecule has 0 saturated heterocycles. The van der Waals surface area contributed by atoms with Crippen molar-refractivity contribution >= 4 is 11.0 Å². The Balaban J connectivity index is 2.19. The van der Waals surface area contributed by atoms with Gasteiger partial charge in [-0.25, -0.2) is 0 Å². The lowest BCUT2D eigenvalue weighted by molar-refractivity contribution is 0.182. The van der Waals surface area contributed by atoms with Crippen LogP contribution in [0.25, 0.3) is 11.0 Å². The van der Waals surface area contributed by atoms with E-state index in [2.05, 4.69) is 38.2 Å². The van der Waals surface area contributed by atoms with Crippen molar-refractivity contribution < 1.29 is 9.15 Å². The molecular weight excluding hydrogens is 250 g/mol. The summed E-state index contributed by atoms with van der Waals surface area (Å²) in [6, 6.07) is 8.89. The minimum absolute atomic E-state index is 0.212. The van der Waals surface area contributed by atoms with Crippen LogP contribution in [0.1, 0.15) is 44.6 Å². The number of para-hydroxylation sites is 1. The van der Waals surface area contributed by atoms with Crippen LogP contribution in [-0.4, -0.2) is 19.8 Å². The maximum absolute atomic E-state index is 6.06. The van der Waals surface area contributed by atoms with Crippen LogP contribution in [0.5, 0.6) is 0 Å². The van der Waals surface area contributed by atoms with Gasteiger partial charge in [-0.2, -0.15) is 0 Å². The molecule has 0 fully saturated rings. The summed E-state index contributed by atoms with van der Waals surface area (Å²) in [7, 11) is 1.74. The van der Waals surface area contributed by atoms with Gasteiger partial charge in [0.25, 0.3) is 0 Å². The lowest BCUT2D eigenvalue weighted by atomic mass is 10.0. The van der Waals surface area contributed by atoms with Crippen molar-refractivity contribution in [2.45, 2.75) is 45.7 Å². The maximum atomic E-state index is 6.06. The zero-order chi connectivity index (χ0) is 14.5. The van der Waals surface area contributed by atoms with Crippen molar-refractivity contribution in [3.8, 4) is 0 Å². The summed E-state index contributed by atoms with van der Waals surface area (Å²) in [6.45, 7) is 7.31. The number of nitrogens with one attached hydrogen (secondary N) is 1. The second-order valence-electron chi connectivity index (χ2n) is 5.37. The average Bonchev–Trinajstić information content (AvgIpc) is 2.83. The highest BCUT2D eigenvalue weighted by Gasteiger charge is 2.19. The summed E-state index contributed by atoms with van der Waals surface area (Å²) in [5, 5.41) is 4.83. The normalized spacial score (nSPS) is 14.6. The fraction of sp³-hybridized carbons (Fsp3) is 0.529. The molecule has 0 amide bonds. The third kappa shape index (κ3) is 3.22. The van der Waals surface area contributed by atoms with Crippen molar-refractivity contribution in [2.75, 3.05) is 13.7 Å². The van der Waals surface area contributed by atoms with Crippen LogP contribution in [0.15, 0.2) is 28.7 Å². The Hall–Kier alpha value is -1.32. The molecule has 110 valence electrons. The molecule has 20 heavy (non-hydrogen) atoms. The first-order valence-electron chi connectivity index (χ1n) is 7.42. The first kappa shape index (κ1) is 15.1. The van der Waals surface area contributed by atoms with Crippen molar-refractivity contribution in [3.05, 3.63) is 35.6 Å². The van der Waals surface area contributed by atoms with Gasteiger partial charge in [0, 0.05) is 30.7 Å². The summed E-state index contributed by atoms with van der Waals surface area (Å²) in [6.07, 6.45) is 1.99. The number of benzene rings is 1. The van der Waals surface area contributed by atoms with Crippen LogP contribution < -0.4 is 5.32 Å². The monoisotopic (exact) mass is 275 g/mol. The van der Waals surface area contributed by atoms with E-state index < -0.39 is 0 Å². The van der Waals surface area contributed by atoms with Gasteiger partial charge in [-0.3, -0.25) is 0 Å². The van der Waals surface area contributed by atoms with Gasteiger partial charge in [-0.15, -0.1) is 0 Å². The largest absolute Gasteiger partial charge is 0.459 e. The van der Waals surface area contributed by atoms with E-state index in [1.807, 2.05) is 12.1 Å². The van der Waals surface area contributed by atoms with Crippen LogP contribution in [0, 0.1) is 0 Å². The molecule has 2 rings (SSSR count). The van der Waals surface area contributed by atoms with E-state index in [1.54, 1.807) is 7.11 Å². The van der Waals surface area contributed by atoms with Gasteiger partial charge in [0.1, 0.15) is 11.3 Å². The molecular formula is C17H25NO2. The Morgan fingerprint density at radius 2 is 2.00 bits per heavy atom. The van der Waals surface area contributed by atoms with Crippen LogP contribution >= 0.6 is 0 Å². The highest BCUT2D eigenvalue weighted by molar-refractivity contribution is 5.82. The molecule has 1 N–H and O–H groups in total. The minimum Gasteiger partial charge on any atom is -0.459 e. The lowest BCUT2D eigenvalue weighted by Gasteiger charge is -2.19. The third-order valence-electron chi connectivity index (χ3n) is 3.77. The summed E-state index contributed by atoms with van der Waals surface area (Å²) in [4.78, 5) is 0. The number of methoxy groups -OCH3 is 1. The summed E-state index contributed by atoms with van der Waals surface area (Å²) >= 11 is 0. The van der Waals surface area contributed by atoms with Gasteiger partial charge in [0.15, 0.2) is 0 Å². The van der Waals surface area contributed by atoms with E-state index in [9.17, 15) is 0 Å². The molecule has 2 atom stereocenters. The number of furan rings is 1. The molecule has 0 aliphatic rings. The second kappa shape index (κ2) is 6.91. The summed E-state index contributed by atoms with van der Waals surface area (Å²) in [5.74, 6) is 1.07. The van der Waals surface area contributed by atoms with Gasteiger partial charge < -0.3 is 14.5 Å². The van der Waals surface area contributed by atoms with Crippen LogP contribution in [-0.2, 0) is 11.2 Å². The fourth-order valence-electron chi connectivity index (χ4n) is 2.71. The molecule has 2 aromatic rings. The highest BCUT2D eigenvalue weighted by atomic mass is 16.5. The van der Waals surface area contributed by atoms with Crippen molar-refractivity contribution in [2.24, 2.45) is 0 Å². The van der Waals surface area contributed by atoms with E-state index >= 15 is 0 Å². The molecule has 0 bridgehead atoms. The number of ether oxygens (including phenoxy) is 1. The molecule has 0 aliphatic heterocycles. The zero-order valence-electron chi connectivity index (χ0n) is 12.9. The Kier molecular flexibility index (Phi) is 5.21. The first-order valence-corrected chi connectivity index (χ1v) is 7.42. The predicted molar refractivity (Wildman–Crippen MR) is 83.1 cm³/mol.